The molecule has 1 atom stereocenters. The van der Waals surface area contributed by atoms with Gasteiger partial charge in [-0.05, 0) is 55.7 Å². The minimum absolute atomic E-state index is 0.321. The number of hydrogen-bond donors (Lipinski definition) is 1. The molecule has 0 spiro atoms. The Hall–Kier alpha value is -3.39. The molecule has 36 heavy (non-hydrogen) atoms. The number of rotatable bonds is 12. The summed E-state index contributed by atoms with van der Waals surface area (Å²) in [5.41, 5.74) is 3.61. The highest BCUT2D eigenvalue weighted by Crippen LogP contribution is 2.28. The fraction of sp³-hybridized carbons (Fsp3) is 0.464. The Labute approximate surface area is 211 Å². The highest BCUT2D eigenvalue weighted by atomic mass is 16.6. The molecule has 1 aliphatic carbocycles. The second-order valence-corrected chi connectivity index (χ2v) is 9.09. The van der Waals surface area contributed by atoms with Crippen LogP contribution < -0.4 is 4.74 Å². The molecule has 0 amide bonds. The average molecular weight is 494 g/mol. The number of fused-ring (bicyclic) bond motifs is 1. The van der Waals surface area contributed by atoms with E-state index in [-0.39, 0.29) is 0 Å². The van der Waals surface area contributed by atoms with Crippen LogP contribution in [0.4, 0.5) is 0 Å². The van der Waals surface area contributed by atoms with E-state index in [9.17, 15) is 9.90 Å². The van der Waals surface area contributed by atoms with Crippen molar-refractivity contribution in [3.05, 3.63) is 59.9 Å². The van der Waals surface area contributed by atoms with Crippen molar-refractivity contribution in [3.63, 3.8) is 0 Å². The molecule has 0 unspecified atom stereocenters. The number of aliphatic carboxylic acids is 1. The van der Waals surface area contributed by atoms with Crippen LogP contribution in [0.2, 0.25) is 0 Å². The molecule has 0 bridgehead atoms. The lowest BCUT2D eigenvalue weighted by Crippen LogP contribution is -2.26. The Bertz CT molecular complexity index is 1170. The van der Waals surface area contributed by atoms with Crippen molar-refractivity contribution >= 4 is 22.7 Å². The summed E-state index contributed by atoms with van der Waals surface area (Å²) < 4.78 is 13.3. The summed E-state index contributed by atoms with van der Waals surface area (Å²) in [5.74, 6) is 0.170. The number of oxime groups is 1. The van der Waals surface area contributed by atoms with Gasteiger partial charge < -0.3 is 24.0 Å². The highest BCUT2D eigenvalue weighted by Gasteiger charge is 2.23. The summed E-state index contributed by atoms with van der Waals surface area (Å²) >= 11 is 0. The molecule has 1 saturated carbocycles. The van der Waals surface area contributed by atoms with Gasteiger partial charge in [-0.3, -0.25) is 0 Å². The van der Waals surface area contributed by atoms with Crippen LogP contribution in [0.1, 0.15) is 50.3 Å². The van der Waals surface area contributed by atoms with E-state index in [1.165, 1.54) is 19.3 Å². The molecule has 1 aromatic carbocycles. The number of benzene rings is 1. The van der Waals surface area contributed by atoms with Crippen LogP contribution in [0.3, 0.4) is 0 Å². The van der Waals surface area contributed by atoms with Gasteiger partial charge in [0, 0.05) is 30.5 Å². The Kier molecular flexibility index (Phi) is 8.95. The number of ether oxygens (including phenoxy) is 2. The molecular formula is C28H35N3O5. The zero-order chi connectivity index (χ0) is 25.3. The molecule has 0 saturated heterocycles. The Morgan fingerprint density at radius 1 is 1.14 bits per heavy atom. The first-order chi connectivity index (χ1) is 17.6. The number of carboxylic acids is 1. The van der Waals surface area contributed by atoms with Crippen LogP contribution in [0.15, 0.2) is 53.8 Å². The van der Waals surface area contributed by atoms with Gasteiger partial charge in [0.2, 0.25) is 0 Å². The van der Waals surface area contributed by atoms with Crippen molar-refractivity contribution in [2.24, 2.45) is 11.1 Å². The first kappa shape index (κ1) is 25.7. The highest BCUT2D eigenvalue weighted by molar-refractivity contribution is 6.01. The first-order valence-electron chi connectivity index (χ1n) is 12.7. The predicted molar refractivity (Wildman–Crippen MR) is 139 cm³/mol. The van der Waals surface area contributed by atoms with Crippen LogP contribution in [0.25, 0.3) is 11.0 Å². The topological polar surface area (TPSA) is 95.2 Å². The smallest absolute Gasteiger partial charge is 0.333 e. The summed E-state index contributed by atoms with van der Waals surface area (Å²) in [6, 6.07) is 13.7. The van der Waals surface area contributed by atoms with Crippen molar-refractivity contribution in [2.45, 2.75) is 58.1 Å². The van der Waals surface area contributed by atoms with Gasteiger partial charge in [-0.15, -0.1) is 0 Å². The van der Waals surface area contributed by atoms with Crippen molar-refractivity contribution in [1.29, 1.82) is 0 Å². The number of hydrogen-bond acceptors (Lipinski definition) is 6. The number of carboxylic acid groups (broad SMARTS) is 1. The zero-order valence-electron chi connectivity index (χ0n) is 21.1. The first-order valence-corrected chi connectivity index (χ1v) is 12.7. The van der Waals surface area contributed by atoms with E-state index in [1.54, 1.807) is 14.0 Å². The molecule has 1 aliphatic rings. The third-order valence-corrected chi connectivity index (χ3v) is 6.64. The minimum atomic E-state index is -0.952. The summed E-state index contributed by atoms with van der Waals surface area (Å²) in [6.07, 6.45) is 7.48. The normalized spacial score (nSPS) is 15.7. The van der Waals surface area contributed by atoms with E-state index in [0.29, 0.717) is 32.1 Å². The maximum absolute atomic E-state index is 11.3. The average Bonchev–Trinajstić information content (AvgIpc) is 3.30. The number of aromatic nitrogens is 2. The third kappa shape index (κ3) is 6.43. The Morgan fingerprint density at radius 3 is 2.61 bits per heavy atom. The second kappa shape index (κ2) is 12.5. The van der Waals surface area contributed by atoms with Crippen molar-refractivity contribution < 1.29 is 24.2 Å². The molecule has 2 heterocycles. The summed E-state index contributed by atoms with van der Waals surface area (Å²) in [4.78, 5) is 21.5. The van der Waals surface area contributed by atoms with Gasteiger partial charge in [0.15, 0.2) is 6.10 Å². The maximum atomic E-state index is 11.3. The SMILES string of the molecule is CCO[C@@H](Cc1ccc(OCCn2ccc3ccc(/C(=N\OC)C4CCCCC4)nc32)cc1)C(=O)O. The van der Waals surface area contributed by atoms with Crippen LogP contribution >= 0.6 is 0 Å². The molecule has 4 rings (SSSR count). The van der Waals surface area contributed by atoms with Gasteiger partial charge in [-0.1, -0.05) is 36.6 Å². The van der Waals surface area contributed by atoms with Gasteiger partial charge in [0.1, 0.15) is 30.8 Å². The molecule has 2 aromatic heterocycles. The molecule has 1 fully saturated rings. The molecule has 1 N–H and O–H groups in total. The lowest BCUT2D eigenvalue weighted by molar-refractivity contribution is -0.149. The fourth-order valence-electron chi connectivity index (χ4n) is 4.80. The lowest BCUT2D eigenvalue weighted by Gasteiger charge is -2.22. The van der Waals surface area contributed by atoms with E-state index in [0.717, 1.165) is 46.6 Å². The molecule has 8 nitrogen and oxygen atoms in total. The van der Waals surface area contributed by atoms with Gasteiger partial charge in [-0.2, -0.15) is 0 Å². The van der Waals surface area contributed by atoms with E-state index in [2.05, 4.69) is 21.9 Å². The summed E-state index contributed by atoms with van der Waals surface area (Å²) in [7, 11) is 1.59. The lowest BCUT2D eigenvalue weighted by atomic mass is 9.84. The monoisotopic (exact) mass is 493 g/mol. The van der Waals surface area contributed by atoms with E-state index in [4.69, 9.17) is 19.3 Å². The molecule has 0 aliphatic heterocycles. The summed E-state index contributed by atoms with van der Waals surface area (Å²) in [6.45, 7) is 3.28. The fourth-order valence-corrected chi connectivity index (χ4v) is 4.80. The number of pyridine rings is 1. The molecular weight excluding hydrogens is 458 g/mol. The molecule has 3 aromatic rings. The van der Waals surface area contributed by atoms with Gasteiger partial charge in [0.05, 0.1) is 12.2 Å². The van der Waals surface area contributed by atoms with Crippen LogP contribution in [-0.4, -0.2) is 52.8 Å². The largest absolute Gasteiger partial charge is 0.492 e. The van der Waals surface area contributed by atoms with Crippen LogP contribution in [0, 0.1) is 5.92 Å². The third-order valence-electron chi connectivity index (χ3n) is 6.64. The predicted octanol–water partition coefficient (Wildman–Crippen LogP) is 5.08. The number of nitrogens with zero attached hydrogens (tertiary/aromatic N) is 3. The van der Waals surface area contributed by atoms with Gasteiger partial charge in [0.25, 0.3) is 0 Å². The minimum Gasteiger partial charge on any atom is -0.492 e. The van der Waals surface area contributed by atoms with E-state index in [1.807, 2.05) is 36.5 Å². The molecule has 8 heteroatoms. The quantitative estimate of drug-likeness (QED) is 0.279. The van der Waals surface area contributed by atoms with Crippen molar-refractivity contribution in [2.75, 3.05) is 20.3 Å². The van der Waals surface area contributed by atoms with Gasteiger partial charge in [-0.25, -0.2) is 9.78 Å². The van der Waals surface area contributed by atoms with E-state index >= 15 is 0 Å². The van der Waals surface area contributed by atoms with Crippen molar-refractivity contribution in [3.8, 4) is 5.75 Å². The Morgan fingerprint density at radius 2 is 1.92 bits per heavy atom. The Balaban J connectivity index is 1.39. The van der Waals surface area contributed by atoms with Crippen LogP contribution in [-0.2, 0) is 27.3 Å². The molecule has 192 valence electrons. The standard InChI is InChI=1S/C28H35N3O5/c1-3-35-25(28(32)33)19-20-9-12-23(13-10-20)36-18-17-31-16-15-22-11-14-24(29-27(22)31)26(30-34-2)21-7-5-4-6-8-21/h9-16,21,25H,3-8,17-19H2,1-2H3,(H,32,33)/b30-26-/t25-/m0/s1. The second-order valence-electron chi connectivity index (χ2n) is 9.09. The number of carbonyl (C=O) groups is 1. The van der Waals surface area contributed by atoms with Crippen molar-refractivity contribution in [1.82, 2.24) is 9.55 Å². The maximum Gasteiger partial charge on any atom is 0.333 e. The van der Waals surface area contributed by atoms with Gasteiger partial charge >= 0.3 is 5.97 Å². The summed E-state index contributed by atoms with van der Waals surface area (Å²) in [5, 5.41) is 14.7. The molecule has 0 radical (unpaired) electrons. The van der Waals surface area contributed by atoms with Crippen LogP contribution in [0.5, 0.6) is 5.75 Å². The van der Waals surface area contributed by atoms with E-state index < -0.39 is 12.1 Å². The zero-order valence-corrected chi connectivity index (χ0v) is 21.1.